The fourth-order valence-electron chi connectivity index (χ4n) is 2.39. The maximum Gasteiger partial charge on any atom is 0.306 e. The summed E-state index contributed by atoms with van der Waals surface area (Å²) in [6.07, 6.45) is 0.301. The summed E-state index contributed by atoms with van der Waals surface area (Å²) in [7, 11) is 1.48. The van der Waals surface area contributed by atoms with Crippen LogP contribution < -0.4 is 15.4 Å². The molecular formula is C20H19Cl3N2O5. The molecule has 0 heterocycles. The first-order chi connectivity index (χ1) is 14.3. The van der Waals surface area contributed by atoms with E-state index in [1.807, 2.05) is 0 Å². The molecule has 0 aliphatic rings. The van der Waals surface area contributed by atoms with Crippen LogP contribution in [0.15, 0.2) is 36.4 Å². The maximum absolute atomic E-state index is 12.1. The number of nitrogens with one attached hydrogen (secondary N) is 2. The van der Waals surface area contributed by atoms with Crippen LogP contribution in [0.1, 0.15) is 19.3 Å². The molecule has 160 valence electrons. The first kappa shape index (κ1) is 23.8. The van der Waals surface area contributed by atoms with Crippen molar-refractivity contribution >= 4 is 64.0 Å². The van der Waals surface area contributed by atoms with Crippen molar-refractivity contribution in [2.24, 2.45) is 0 Å². The van der Waals surface area contributed by atoms with Gasteiger partial charge in [-0.1, -0.05) is 40.9 Å². The molecule has 0 saturated carbocycles. The van der Waals surface area contributed by atoms with E-state index >= 15 is 0 Å². The molecule has 0 unspecified atom stereocenters. The Morgan fingerprint density at radius 3 is 2.40 bits per heavy atom. The van der Waals surface area contributed by atoms with Crippen LogP contribution in [0.2, 0.25) is 15.1 Å². The van der Waals surface area contributed by atoms with Gasteiger partial charge in [0.1, 0.15) is 5.75 Å². The monoisotopic (exact) mass is 472 g/mol. The highest BCUT2D eigenvalue weighted by Gasteiger charge is 2.13. The summed E-state index contributed by atoms with van der Waals surface area (Å²) < 4.78 is 10.1. The average molecular weight is 474 g/mol. The third kappa shape index (κ3) is 7.40. The van der Waals surface area contributed by atoms with Crippen LogP contribution in [0.4, 0.5) is 11.4 Å². The van der Waals surface area contributed by atoms with Crippen LogP contribution in [0.25, 0.3) is 0 Å². The number of hydrogen-bond acceptors (Lipinski definition) is 5. The van der Waals surface area contributed by atoms with Gasteiger partial charge in [0.25, 0.3) is 5.91 Å². The zero-order chi connectivity index (χ0) is 22.1. The van der Waals surface area contributed by atoms with E-state index in [4.69, 9.17) is 44.3 Å². The van der Waals surface area contributed by atoms with Gasteiger partial charge in [-0.15, -0.1) is 0 Å². The molecule has 10 heteroatoms. The molecule has 0 fully saturated rings. The topological polar surface area (TPSA) is 93.7 Å². The van der Waals surface area contributed by atoms with Crippen LogP contribution in [-0.2, 0) is 19.1 Å². The Morgan fingerprint density at radius 2 is 1.67 bits per heavy atom. The number of hydrogen-bond donors (Lipinski definition) is 2. The molecule has 0 spiro atoms. The number of anilines is 2. The van der Waals surface area contributed by atoms with Crippen molar-refractivity contribution in [1.29, 1.82) is 0 Å². The molecule has 2 aromatic carbocycles. The van der Waals surface area contributed by atoms with Gasteiger partial charge in [-0.2, -0.15) is 0 Å². The minimum atomic E-state index is -0.601. The molecule has 30 heavy (non-hydrogen) atoms. The molecule has 0 atom stereocenters. The Balaban J connectivity index is 1.71. The van der Waals surface area contributed by atoms with Crippen LogP contribution in [0.5, 0.6) is 5.75 Å². The second kappa shape index (κ2) is 11.6. The summed E-state index contributed by atoms with van der Waals surface area (Å²) in [5.41, 5.74) is 0.757. The minimum absolute atomic E-state index is 0.0225. The van der Waals surface area contributed by atoms with E-state index in [9.17, 15) is 14.4 Å². The number of ether oxygens (including phenoxy) is 2. The predicted octanol–water partition coefficient (Wildman–Crippen LogP) is 4.95. The lowest BCUT2D eigenvalue weighted by Gasteiger charge is -2.10. The molecule has 0 aliphatic heterocycles. The summed E-state index contributed by atoms with van der Waals surface area (Å²) in [6.45, 7) is -0.479. The number of methoxy groups -OCH3 is 1. The molecule has 2 rings (SSSR count). The summed E-state index contributed by atoms with van der Waals surface area (Å²) in [5, 5.41) is 6.12. The van der Waals surface area contributed by atoms with Gasteiger partial charge < -0.3 is 20.1 Å². The maximum atomic E-state index is 12.1. The van der Waals surface area contributed by atoms with Gasteiger partial charge in [0, 0.05) is 17.9 Å². The molecule has 0 aromatic heterocycles. The molecule has 0 aliphatic carbocycles. The molecule has 2 N–H and O–H groups in total. The van der Waals surface area contributed by atoms with Crippen molar-refractivity contribution in [2.45, 2.75) is 19.3 Å². The third-order valence-electron chi connectivity index (χ3n) is 3.81. The predicted molar refractivity (Wildman–Crippen MR) is 117 cm³/mol. The van der Waals surface area contributed by atoms with Crippen LogP contribution >= 0.6 is 34.8 Å². The normalized spacial score (nSPS) is 10.3. The number of rotatable bonds is 9. The average Bonchev–Trinajstić information content (AvgIpc) is 2.70. The molecule has 0 bridgehead atoms. The lowest BCUT2D eigenvalue weighted by Crippen LogP contribution is -2.21. The van der Waals surface area contributed by atoms with Crippen molar-refractivity contribution in [1.82, 2.24) is 0 Å². The van der Waals surface area contributed by atoms with Crippen molar-refractivity contribution in [3.05, 3.63) is 51.5 Å². The largest absolute Gasteiger partial charge is 0.495 e. The smallest absolute Gasteiger partial charge is 0.306 e. The van der Waals surface area contributed by atoms with E-state index in [1.165, 1.54) is 7.11 Å². The molecular weight excluding hydrogens is 455 g/mol. The highest BCUT2D eigenvalue weighted by Crippen LogP contribution is 2.29. The summed E-state index contributed by atoms with van der Waals surface area (Å²) in [6, 6.07) is 9.62. The fourth-order valence-corrected chi connectivity index (χ4v) is 2.91. The number of amides is 2. The molecule has 0 radical (unpaired) electrons. The summed E-state index contributed by atoms with van der Waals surface area (Å²) in [4.78, 5) is 35.7. The molecule has 7 nitrogen and oxygen atoms in total. The minimum Gasteiger partial charge on any atom is -0.495 e. The van der Waals surface area contributed by atoms with Gasteiger partial charge in [0.05, 0.1) is 28.5 Å². The van der Waals surface area contributed by atoms with Gasteiger partial charge in [-0.3, -0.25) is 14.4 Å². The summed E-state index contributed by atoms with van der Waals surface area (Å²) >= 11 is 17.8. The van der Waals surface area contributed by atoms with Crippen molar-refractivity contribution in [2.75, 3.05) is 24.4 Å². The number of benzene rings is 2. The standard InChI is InChI=1S/C20H19Cl3N2O5/c1-29-16-9-8-12(21)10-15(16)25-17(26)6-3-7-19(28)30-11-18(27)24-14-5-2-4-13(22)20(14)23/h2,4-5,8-10H,3,6-7,11H2,1H3,(H,24,27)(H,25,26). The molecule has 2 aromatic rings. The van der Waals surface area contributed by atoms with Crippen molar-refractivity contribution in [3.63, 3.8) is 0 Å². The first-order valence-electron chi connectivity index (χ1n) is 8.83. The van der Waals surface area contributed by atoms with Crippen LogP contribution in [0.3, 0.4) is 0 Å². The van der Waals surface area contributed by atoms with Gasteiger partial charge in [0.15, 0.2) is 6.61 Å². The second-order valence-corrected chi connectivity index (χ2v) is 7.28. The van der Waals surface area contributed by atoms with Crippen LogP contribution in [-0.4, -0.2) is 31.5 Å². The highest BCUT2D eigenvalue weighted by atomic mass is 35.5. The van der Waals surface area contributed by atoms with Crippen molar-refractivity contribution < 1.29 is 23.9 Å². The van der Waals surface area contributed by atoms with E-state index in [0.717, 1.165) is 0 Å². The molecule has 2 amide bonds. The first-order valence-corrected chi connectivity index (χ1v) is 9.96. The zero-order valence-corrected chi connectivity index (χ0v) is 18.2. The number of carbonyl (C=O) groups excluding carboxylic acids is 3. The number of carbonyl (C=O) groups is 3. The Hall–Kier alpha value is -2.48. The van der Waals surface area contributed by atoms with E-state index in [-0.39, 0.29) is 30.2 Å². The quantitative estimate of drug-likeness (QED) is 0.503. The Morgan fingerprint density at radius 1 is 0.933 bits per heavy atom. The third-order valence-corrected chi connectivity index (χ3v) is 4.86. The highest BCUT2D eigenvalue weighted by molar-refractivity contribution is 6.44. The second-order valence-electron chi connectivity index (χ2n) is 6.06. The van der Waals surface area contributed by atoms with E-state index in [0.29, 0.717) is 27.2 Å². The lowest BCUT2D eigenvalue weighted by molar-refractivity contribution is -0.147. The van der Waals surface area contributed by atoms with E-state index < -0.39 is 18.5 Å². The van der Waals surface area contributed by atoms with Gasteiger partial charge in [0.2, 0.25) is 5.91 Å². The summed E-state index contributed by atoms with van der Waals surface area (Å²) in [5.74, 6) is -0.997. The van der Waals surface area contributed by atoms with Gasteiger partial charge in [-0.05, 0) is 36.8 Å². The Bertz CT molecular complexity index is 937. The SMILES string of the molecule is COc1ccc(Cl)cc1NC(=O)CCCC(=O)OCC(=O)Nc1cccc(Cl)c1Cl. The Kier molecular flexibility index (Phi) is 9.23. The van der Waals surface area contributed by atoms with Gasteiger partial charge >= 0.3 is 5.97 Å². The molecule has 0 saturated heterocycles. The Labute approximate surface area is 188 Å². The fraction of sp³-hybridized carbons (Fsp3) is 0.250. The number of halogens is 3. The lowest BCUT2D eigenvalue weighted by atomic mass is 10.2. The van der Waals surface area contributed by atoms with Gasteiger partial charge in [-0.25, -0.2) is 0 Å². The number of esters is 1. The van der Waals surface area contributed by atoms with Crippen molar-refractivity contribution in [3.8, 4) is 5.75 Å². The van der Waals surface area contributed by atoms with Crippen LogP contribution in [0, 0.1) is 0 Å². The van der Waals surface area contributed by atoms with E-state index in [1.54, 1.807) is 36.4 Å². The zero-order valence-electron chi connectivity index (χ0n) is 16.0. The van der Waals surface area contributed by atoms with E-state index in [2.05, 4.69) is 10.6 Å².